The van der Waals surface area contributed by atoms with Gasteiger partial charge < -0.3 is 20.1 Å². The summed E-state index contributed by atoms with van der Waals surface area (Å²) < 4.78 is 10.1. The van der Waals surface area contributed by atoms with Crippen molar-refractivity contribution in [3.63, 3.8) is 0 Å². The maximum absolute atomic E-state index is 13.0. The van der Waals surface area contributed by atoms with E-state index in [2.05, 4.69) is 10.6 Å². The Kier molecular flexibility index (Phi) is 10.3. The Balaban J connectivity index is 1.61. The molecule has 3 aromatic carbocycles. The van der Waals surface area contributed by atoms with Crippen LogP contribution in [-0.4, -0.2) is 41.6 Å². The molecular formula is C29H28N2O7. The van der Waals surface area contributed by atoms with Gasteiger partial charge in [-0.2, -0.15) is 0 Å². The van der Waals surface area contributed by atoms with E-state index in [-0.39, 0.29) is 19.6 Å². The zero-order valence-electron chi connectivity index (χ0n) is 20.8. The summed E-state index contributed by atoms with van der Waals surface area (Å²) in [6.07, 6.45) is -0.878. The Morgan fingerprint density at radius 1 is 0.658 bits per heavy atom. The van der Waals surface area contributed by atoms with Crippen molar-refractivity contribution in [1.29, 1.82) is 0 Å². The maximum Gasteiger partial charge on any atom is 0.408 e. The second-order valence-electron chi connectivity index (χ2n) is 8.43. The van der Waals surface area contributed by atoms with Crippen molar-refractivity contribution in [2.75, 3.05) is 0 Å². The normalized spacial score (nSPS) is 11.9. The fourth-order valence-corrected chi connectivity index (χ4v) is 3.41. The Morgan fingerprint density at radius 2 is 1.13 bits per heavy atom. The highest BCUT2D eigenvalue weighted by molar-refractivity contribution is 6.63. The molecule has 9 heteroatoms. The van der Waals surface area contributed by atoms with Crippen LogP contribution in [0.3, 0.4) is 0 Å². The quantitative estimate of drug-likeness (QED) is 0.215. The highest BCUT2D eigenvalue weighted by Crippen LogP contribution is 2.07. The fraction of sp³-hybridized carbons (Fsp3) is 0.207. The molecule has 0 unspecified atom stereocenters. The molecule has 2 amide bonds. The van der Waals surface area contributed by atoms with Crippen molar-refractivity contribution in [2.24, 2.45) is 0 Å². The summed E-state index contributed by atoms with van der Waals surface area (Å²) in [4.78, 5) is 62.8. The lowest BCUT2D eigenvalue weighted by atomic mass is 9.99. The lowest BCUT2D eigenvalue weighted by molar-refractivity contribution is -0.158. The summed E-state index contributed by atoms with van der Waals surface area (Å²) in [5.74, 6) is -4.56. The zero-order valence-corrected chi connectivity index (χ0v) is 20.8. The van der Waals surface area contributed by atoms with Crippen LogP contribution >= 0.6 is 0 Å². The number of rotatable bonds is 12. The summed E-state index contributed by atoms with van der Waals surface area (Å²) in [6, 6.07) is 23.9. The first-order valence-electron chi connectivity index (χ1n) is 11.9. The average Bonchev–Trinajstić information content (AvgIpc) is 2.95. The van der Waals surface area contributed by atoms with Crippen molar-refractivity contribution in [3.05, 3.63) is 108 Å². The lowest BCUT2D eigenvalue weighted by Gasteiger charge is -2.20. The van der Waals surface area contributed by atoms with Gasteiger partial charge in [0.1, 0.15) is 25.3 Å². The molecule has 0 spiro atoms. The molecule has 0 saturated carbocycles. The Hall–Kier alpha value is -4.79. The number of nitrogens with one attached hydrogen (secondary N) is 2. The highest BCUT2D eigenvalue weighted by Gasteiger charge is 2.33. The summed E-state index contributed by atoms with van der Waals surface area (Å²) in [7, 11) is 0. The molecule has 0 heterocycles. The van der Waals surface area contributed by atoms with Gasteiger partial charge in [0.25, 0.3) is 0 Å². The number of hydrogen-bond acceptors (Lipinski definition) is 7. The third kappa shape index (κ3) is 8.70. The molecule has 3 aromatic rings. The number of carbonyl (C=O) groups is 5. The molecule has 0 fully saturated rings. The number of esters is 1. The molecule has 0 radical (unpaired) electrons. The van der Waals surface area contributed by atoms with Gasteiger partial charge in [-0.3, -0.25) is 14.4 Å². The van der Waals surface area contributed by atoms with E-state index in [9.17, 15) is 24.0 Å². The summed E-state index contributed by atoms with van der Waals surface area (Å²) in [5.41, 5.74) is 2.07. The van der Waals surface area contributed by atoms with E-state index in [1.165, 1.54) is 6.92 Å². The summed E-state index contributed by atoms with van der Waals surface area (Å²) >= 11 is 0. The van der Waals surface area contributed by atoms with Crippen molar-refractivity contribution >= 4 is 29.5 Å². The van der Waals surface area contributed by atoms with Gasteiger partial charge >= 0.3 is 17.8 Å². The summed E-state index contributed by atoms with van der Waals surface area (Å²) in [5, 5.41) is 4.85. The molecule has 0 aliphatic rings. The van der Waals surface area contributed by atoms with Crippen LogP contribution in [0.4, 0.5) is 4.79 Å². The SMILES string of the molecule is C[C@H](NC(=O)OCc1ccccc1)C(=O)N[C@@H](Cc1ccccc1)C(=O)C(=O)C(=O)OCc1ccccc1. The van der Waals surface area contributed by atoms with Gasteiger partial charge in [-0.1, -0.05) is 91.0 Å². The molecule has 196 valence electrons. The van der Waals surface area contributed by atoms with Gasteiger partial charge in [-0.25, -0.2) is 9.59 Å². The molecule has 0 aliphatic heterocycles. The lowest BCUT2D eigenvalue weighted by Crippen LogP contribution is -2.53. The third-order valence-corrected chi connectivity index (χ3v) is 5.48. The molecule has 0 saturated heterocycles. The van der Waals surface area contributed by atoms with Crippen molar-refractivity contribution < 1.29 is 33.4 Å². The van der Waals surface area contributed by atoms with Gasteiger partial charge in [0.2, 0.25) is 11.7 Å². The molecular weight excluding hydrogens is 488 g/mol. The van der Waals surface area contributed by atoms with Crippen LogP contribution in [0, 0.1) is 0 Å². The van der Waals surface area contributed by atoms with Crippen LogP contribution < -0.4 is 10.6 Å². The van der Waals surface area contributed by atoms with E-state index in [0.717, 1.165) is 5.56 Å². The average molecular weight is 517 g/mol. The van der Waals surface area contributed by atoms with Gasteiger partial charge in [0.05, 0.1) is 0 Å². The van der Waals surface area contributed by atoms with E-state index in [0.29, 0.717) is 11.1 Å². The van der Waals surface area contributed by atoms with Crippen molar-refractivity contribution in [3.8, 4) is 0 Å². The number of carbonyl (C=O) groups excluding carboxylic acids is 5. The molecule has 3 rings (SSSR count). The smallest absolute Gasteiger partial charge is 0.408 e. The number of Topliss-reactive ketones (excluding diaryl/α,β-unsaturated/α-hetero) is 2. The first kappa shape index (κ1) is 27.8. The van der Waals surface area contributed by atoms with Crippen molar-refractivity contribution in [2.45, 2.75) is 38.6 Å². The van der Waals surface area contributed by atoms with E-state index < -0.39 is 41.6 Å². The van der Waals surface area contributed by atoms with E-state index >= 15 is 0 Å². The molecule has 2 atom stereocenters. The third-order valence-electron chi connectivity index (χ3n) is 5.48. The monoisotopic (exact) mass is 516 g/mol. The Labute approximate surface area is 220 Å². The number of alkyl carbamates (subject to hydrolysis) is 1. The second-order valence-corrected chi connectivity index (χ2v) is 8.43. The highest BCUT2D eigenvalue weighted by atomic mass is 16.5. The fourth-order valence-electron chi connectivity index (χ4n) is 3.41. The van der Waals surface area contributed by atoms with Crippen LogP contribution in [0.1, 0.15) is 23.6 Å². The first-order chi connectivity index (χ1) is 18.3. The molecule has 0 bridgehead atoms. The van der Waals surface area contributed by atoms with Crippen LogP contribution in [0.15, 0.2) is 91.0 Å². The van der Waals surface area contributed by atoms with Gasteiger partial charge in [-0.05, 0) is 23.6 Å². The predicted octanol–water partition coefficient (Wildman–Crippen LogP) is 2.91. The molecule has 9 nitrogen and oxygen atoms in total. The van der Waals surface area contributed by atoms with Crippen LogP contribution in [-0.2, 0) is 48.3 Å². The molecule has 0 aromatic heterocycles. The van der Waals surface area contributed by atoms with Gasteiger partial charge in [-0.15, -0.1) is 0 Å². The predicted molar refractivity (Wildman–Crippen MR) is 138 cm³/mol. The number of ketones is 2. The minimum Gasteiger partial charge on any atom is -0.455 e. The minimum absolute atomic E-state index is 0.00965. The van der Waals surface area contributed by atoms with E-state index in [1.807, 2.05) is 6.07 Å². The van der Waals surface area contributed by atoms with Crippen LogP contribution in [0.25, 0.3) is 0 Å². The number of ether oxygens (including phenoxy) is 2. The minimum atomic E-state index is -1.38. The Morgan fingerprint density at radius 3 is 1.66 bits per heavy atom. The second kappa shape index (κ2) is 14.1. The van der Waals surface area contributed by atoms with Crippen molar-refractivity contribution in [1.82, 2.24) is 10.6 Å². The number of benzene rings is 3. The van der Waals surface area contributed by atoms with Crippen LogP contribution in [0.5, 0.6) is 0 Å². The molecule has 2 N–H and O–H groups in total. The molecule has 38 heavy (non-hydrogen) atoms. The zero-order chi connectivity index (χ0) is 27.3. The van der Waals surface area contributed by atoms with E-state index in [1.54, 1.807) is 84.9 Å². The molecule has 0 aliphatic carbocycles. The summed E-state index contributed by atoms with van der Waals surface area (Å²) in [6.45, 7) is 1.23. The van der Waals surface area contributed by atoms with Crippen LogP contribution in [0.2, 0.25) is 0 Å². The topological polar surface area (TPSA) is 128 Å². The standard InChI is InChI=1S/C29H28N2O7/c1-20(30-29(36)38-19-23-15-9-4-10-16-23)27(34)31-24(17-21-11-5-2-6-12-21)25(32)26(33)28(35)37-18-22-13-7-3-8-14-22/h2-16,20,24H,17-19H2,1H3,(H,30,36)(H,31,34)/t20-,24-/m0/s1. The Bertz CT molecular complexity index is 1250. The van der Waals surface area contributed by atoms with E-state index in [4.69, 9.17) is 9.47 Å². The number of amides is 2. The maximum atomic E-state index is 13.0. The van der Waals surface area contributed by atoms with Gasteiger partial charge in [0.15, 0.2) is 0 Å². The number of hydrogen-bond donors (Lipinski definition) is 2. The first-order valence-corrected chi connectivity index (χ1v) is 11.9. The largest absolute Gasteiger partial charge is 0.455 e. The van der Waals surface area contributed by atoms with Gasteiger partial charge in [0, 0.05) is 6.42 Å².